The molecule has 1 atom stereocenters. The second-order valence-corrected chi connectivity index (χ2v) is 6.16. The number of fused-ring (bicyclic) bond motifs is 1. The molecule has 1 aromatic carbocycles. The number of pyridine rings is 1. The van der Waals surface area contributed by atoms with Gasteiger partial charge < -0.3 is 15.0 Å². The molecule has 5 nitrogen and oxygen atoms in total. The van der Waals surface area contributed by atoms with Gasteiger partial charge in [-0.05, 0) is 36.1 Å². The van der Waals surface area contributed by atoms with E-state index in [-0.39, 0.29) is 35.6 Å². The number of nitrogens with zero attached hydrogens (tertiary/aromatic N) is 1. The number of aliphatic hydroxyl groups excluding tert-OH is 1. The number of benzene rings is 1. The Bertz CT molecular complexity index is 795. The summed E-state index contributed by atoms with van der Waals surface area (Å²) in [5, 5.41) is 9.61. The summed E-state index contributed by atoms with van der Waals surface area (Å²) in [6.45, 7) is 3.82. The van der Waals surface area contributed by atoms with Crippen LogP contribution in [0.1, 0.15) is 41.4 Å². The molecule has 1 unspecified atom stereocenters. The van der Waals surface area contributed by atoms with Crippen LogP contribution in [0, 0.1) is 0 Å². The fraction of sp³-hybridized carbons (Fsp3) is 0.333. The van der Waals surface area contributed by atoms with Crippen molar-refractivity contribution < 1.29 is 9.90 Å². The van der Waals surface area contributed by atoms with E-state index in [1.54, 1.807) is 12.1 Å². The maximum absolute atomic E-state index is 12.9. The molecule has 2 N–H and O–H groups in total. The highest BCUT2D eigenvalue weighted by molar-refractivity contribution is 6.07. The van der Waals surface area contributed by atoms with Crippen LogP contribution in [0.5, 0.6) is 0 Å². The van der Waals surface area contributed by atoms with E-state index in [0.29, 0.717) is 6.42 Å². The van der Waals surface area contributed by atoms with Crippen LogP contribution in [0.4, 0.5) is 5.69 Å². The van der Waals surface area contributed by atoms with Crippen molar-refractivity contribution in [2.24, 2.45) is 0 Å². The van der Waals surface area contributed by atoms with Crippen molar-refractivity contribution in [2.75, 3.05) is 11.5 Å². The molecule has 5 heteroatoms. The number of para-hydroxylation sites is 1. The maximum Gasteiger partial charge on any atom is 0.264 e. The lowest BCUT2D eigenvalue weighted by Crippen LogP contribution is -2.42. The molecule has 120 valence electrons. The molecule has 0 saturated heterocycles. The molecule has 1 aliphatic heterocycles. The fourth-order valence-corrected chi connectivity index (χ4v) is 3.01. The molecule has 0 aliphatic carbocycles. The van der Waals surface area contributed by atoms with Crippen molar-refractivity contribution in [2.45, 2.75) is 32.2 Å². The summed E-state index contributed by atoms with van der Waals surface area (Å²) in [5.74, 6) is -0.185. The zero-order valence-corrected chi connectivity index (χ0v) is 13.2. The average Bonchev–Trinajstić information content (AvgIpc) is 2.92. The van der Waals surface area contributed by atoms with Gasteiger partial charge in [0.2, 0.25) is 0 Å². The van der Waals surface area contributed by atoms with Gasteiger partial charge in [-0.2, -0.15) is 0 Å². The predicted molar refractivity (Wildman–Crippen MR) is 89.0 cm³/mol. The van der Waals surface area contributed by atoms with Gasteiger partial charge in [-0.15, -0.1) is 0 Å². The first-order valence-corrected chi connectivity index (χ1v) is 7.78. The van der Waals surface area contributed by atoms with E-state index in [9.17, 15) is 14.7 Å². The number of aromatic nitrogens is 1. The van der Waals surface area contributed by atoms with Crippen molar-refractivity contribution in [1.29, 1.82) is 0 Å². The molecule has 1 aromatic heterocycles. The van der Waals surface area contributed by atoms with Crippen molar-refractivity contribution in [3.63, 3.8) is 0 Å². The lowest BCUT2D eigenvalue weighted by atomic mass is 10.1. The van der Waals surface area contributed by atoms with E-state index >= 15 is 0 Å². The Morgan fingerprint density at radius 3 is 2.70 bits per heavy atom. The standard InChI is InChI=1S/C18H20N2O3/c1-11(2)15-8-7-14(17(22)19-15)18(23)20-13(10-21)9-12-5-3-4-6-16(12)20/h3-8,11,13,21H,9-10H2,1-2H3,(H,19,22). The summed E-state index contributed by atoms with van der Waals surface area (Å²) in [7, 11) is 0. The van der Waals surface area contributed by atoms with Gasteiger partial charge in [0.15, 0.2) is 0 Å². The highest BCUT2D eigenvalue weighted by Gasteiger charge is 2.34. The minimum absolute atomic E-state index is 0.101. The van der Waals surface area contributed by atoms with Crippen LogP contribution >= 0.6 is 0 Å². The number of aliphatic hydroxyl groups is 1. The number of aromatic amines is 1. The van der Waals surface area contributed by atoms with Crippen LogP contribution in [-0.2, 0) is 6.42 Å². The molecule has 0 bridgehead atoms. The normalized spacial score (nSPS) is 16.7. The quantitative estimate of drug-likeness (QED) is 0.911. The van der Waals surface area contributed by atoms with E-state index in [2.05, 4.69) is 4.98 Å². The molecule has 1 amide bonds. The number of amides is 1. The van der Waals surface area contributed by atoms with Crippen molar-refractivity contribution in [1.82, 2.24) is 4.98 Å². The Labute approximate surface area is 134 Å². The summed E-state index contributed by atoms with van der Waals surface area (Å²) in [4.78, 5) is 29.5. The number of carbonyl (C=O) groups is 1. The average molecular weight is 312 g/mol. The topological polar surface area (TPSA) is 73.4 Å². The zero-order chi connectivity index (χ0) is 16.6. The Kier molecular flexibility index (Phi) is 4.05. The highest BCUT2D eigenvalue weighted by Crippen LogP contribution is 2.32. The first-order chi connectivity index (χ1) is 11.0. The number of hydrogen-bond acceptors (Lipinski definition) is 3. The van der Waals surface area contributed by atoms with Gasteiger partial charge in [0, 0.05) is 11.4 Å². The van der Waals surface area contributed by atoms with Crippen LogP contribution in [0.15, 0.2) is 41.2 Å². The zero-order valence-electron chi connectivity index (χ0n) is 13.2. The molecular formula is C18H20N2O3. The lowest BCUT2D eigenvalue weighted by molar-refractivity contribution is 0.0966. The third kappa shape index (κ3) is 2.68. The lowest BCUT2D eigenvalue weighted by Gasteiger charge is -2.24. The van der Waals surface area contributed by atoms with E-state index in [4.69, 9.17) is 0 Å². The monoisotopic (exact) mass is 312 g/mol. The summed E-state index contributed by atoms with van der Waals surface area (Å²) >= 11 is 0. The molecule has 1 aliphatic rings. The van der Waals surface area contributed by atoms with Crippen LogP contribution in [0.25, 0.3) is 0 Å². The molecule has 0 saturated carbocycles. The van der Waals surface area contributed by atoms with Crippen LogP contribution < -0.4 is 10.5 Å². The minimum atomic E-state index is -0.387. The van der Waals surface area contributed by atoms with Gasteiger partial charge in [0.05, 0.1) is 12.6 Å². The van der Waals surface area contributed by atoms with Gasteiger partial charge >= 0.3 is 0 Å². The molecule has 0 fully saturated rings. The molecular weight excluding hydrogens is 292 g/mol. The number of rotatable bonds is 3. The van der Waals surface area contributed by atoms with Crippen LogP contribution in [0.2, 0.25) is 0 Å². The number of hydrogen-bond donors (Lipinski definition) is 2. The second-order valence-electron chi connectivity index (χ2n) is 6.16. The third-order valence-electron chi connectivity index (χ3n) is 4.29. The number of anilines is 1. The number of H-pyrrole nitrogens is 1. The fourth-order valence-electron chi connectivity index (χ4n) is 3.01. The van der Waals surface area contributed by atoms with E-state index in [0.717, 1.165) is 16.9 Å². The summed E-state index contributed by atoms with van der Waals surface area (Å²) in [6.07, 6.45) is 0.598. The molecule has 3 rings (SSSR count). The minimum Gasteiger partial charge on any atom is -0.394 e. The van der Waals surface area contributed by atoms with Crippen molar-refractivity contribution >= 4 is 11.6 Å². The third-order valence-corrected chi connectivity index (χ3v) is 4.29. The Morgan fingerprint density at radius 1 is 1.30 bits per heavy atom. The summed E-state index contributed by atoms with van der Waals surface area (Å²) in [5.41, 5.74) is 2.29. The van der Waals surface area contributed by atoms with Crippen molar-refractivity contribution in [3.05, 3.63) is 63.6 Å². The van der Waals surface area contributed by atoms with Crippen molar-refractivity contribution in [3.8, 4) is 0 Å². The number of carbonyl (C=O) groups excluding carboxylic acids is 1. The molecule has 23 heavy (non-hydrogen) atoms. The maximum atomic E-state index is 12.9. The first-order valence-electron chi connectivity index (χ1n) is 7.78. The Morgan fingerprint density at radius 2 is 2.04 bits per heavy atom. The smallest absolute Gasteiger partial charge is 0.264 e. The SMILES string of the molecule is CC(C)c1ccc(C(=O)N2c3ccccc3CC2CO)c(=O)[nH]1. The van der Waals surface area contributed by atoms with Gasteiger partial charge in [-0.3, -0.25) is 9.59 Å². The largest absolute Gasteiger partial charge is 0.394 e. The molecule has 0 spiro atoms. The Balaban J connectivity index is 2.01. The predicted octanol–water partition coefficient (Wildman–Crippen LogP) is 2.06. The molecule has 2 heterocycles. The second kappa shape index (κ2) is 6.01. The molecule has 0 radical (unpaired) electrons. The Hall–Kier alpha value is -2.40. The summed E-state index contributed by atoms with van der Waals surface area (Å²) < 4.78 is 0. The van der Waals surface area contributed by atoms with Gasteiger partial charge in [0.25, 0.3) is 11.5 Å². The summed E-state index contributed by atoms with van der Waals surface area (Å²) in [6, 6.07) is 10.6. The van der Waals surface area contributed by atoms with Gasteiger partial charge in [-0.25, -0.2) is 0 Å². The van der Waals surface area contributed by atoms with E-state index < -0.39 is 0 Å². The first kappa shape index (κ1) is 15.5. The van der Waals surface area contributed by atoms with Gasteiger partial charge in [0.1, 0.15) is 5.56 Å². The highest BCUT2D eigenvalue weighted by atomic mass is 16.3. The molecule has 2 aromatic rings. The van der Waals surface area contributed by atoms with E-state index in [1.807, 2.05) is 38.1 Å². The van der Waals surface area contributed by atoms with Crippen LogP contribution in [-0.4, -0.2) is 28.6 Å². The number of nitrogens with one attached hydrogen (secondary N) is 1. The van der Waals surface area contributed by atoms with Crippen LogP contribution in [0.3, 0.4) is 0 Å². The van der Waals surface area contributed by atoms with E-state index in [1.165, 1.54) is 4.90 Å². The van der Waals surface area contributed by atoms with Gasteiger partial charge in [-0.1, -0.05) is 32.0 Å².